The zero-order valence-electron chi connectivity index (χ0n) is 14.5. The number of tetrazole rings is 1. The first-order chi connectivity index (χ1) is 12.7. The molecule has 0 spiro atoms. The van der Waals surface area contributed by atoms with E-state index in [2.05, 4.69) is 20.8 Å². The monoisotopic (exact) mass is 389 g/mol. The molecule has 0 saturated carbocycles. The van der Waals surface area contributed by atoms with Gasteiger partial charge in [-0.2, -0.15) is 4.68 Å². The Labute approximate surface area is 159 Å². The summed E-state index contributed by atoms with van der Waals surface area (Å²) in [5, 5.41) is 17.3. The number of nitrogens with zero attached hydrogens (tertiary/aromatic N) is 4. The highest BCUT2D eigenvalue weighted by atomic mass is 32.2. The van der Waals surface area contributed by atoms with Crippen LogP contribution in [0.5, 0.6) is 5.75 Å². The van der Waals surface area contributed by atoms with Gasteiger partial charge in [-0.25, -0.2) is 0 Å². The lowest BCUT2D eigenvalue weighted by atomic mass is 10.3. The van der Waals surface area contributed by atoms with Crippen LogP contribution in [-0.2, 0) is 4.79 Å². The molecule has 0 aliphatic heterocycles. The molecule has 0 aliphatic carbocycles. The third-order valence-corrected chi connectivity index (χ3v) is 5.49. The Morgan fingerprint density at radius 1 is 1.35 bits per heavy atom. The summed E-state index contributed by atoms with van der Waals surface area (Å²) in [6.07, 6.45) is 0. The number of hydrogen-bond acceptors (Lipinski definition) is 7. The van der Waals surface area contributed by atoms with Gasteiger partial charge in [0.15, 0.2) is 0 Å². The van der Waals surface area contributed by atoms with Crippen molar-refractivity contribution in [2.45, 2.75) is 25.0 Å². The Bertz CT molecular complexity index is 850. The fourth-order valence-electron chi connectivity index (χ4n) is 2.35. The molecule has 1 aromatic carbocycles. The van der Waals surface area contributed by atoms with Crippen LogP contribution >= 0.6 is 23.1 Å². The van der Waals surface area contributed by atoms with Crippen LogP contribution in [0.2, 0.25) is 0 Å². The number of hydrogen-bond donors (Lipinski definition) is 1. The van der Waals surface area contributed by atoms with E-state index in [9.17, 15) is 4.79 Å². The summed E-state index contributed by atoms with van der Waals surface area (Å²) in [6.45, 7) is 4.44. The molecule has 0 unspecified atom stereocenters. The number of aromatic nitrogens is 4. The highest BCUT2D eigenvalue weighted by Crippen LogP contribution is 2.26. The van der Waals surface area contributed by atoms with Crippen LogP contribution in [0.25, 0.3) is 5.69 Å². The molecular weight excluding hydrogens is 370 g/mol. The summed E-state index contributed by atoms with van der Waals surface area (Å²) in [5.74, 6) is 0.857. The molecule has 1 atom stereocenters. The van der Waals surface area contributed by atoms with Crippen LogP contribution in [0.3, 0.4) is 0 Å². The van der Waals surface area contributed by atoms with Gasteiger partial charge in [0.25, 0.3) is 0 Å². The standard InChI is InChI=1S/C17H19N5O2S2/c1-3-24-14-8-5-4-7-13(14)22-17(19-20-21-22)26-11-16(23)18-12(2)15-9-6-10-25-15/h4-10,12H,3,11H2,1-2H3,(H,18,23)/t12-/m0/s1. The SMILES string of the molecule is CCOc1ccccc1-n1nnnc1SCC(=O)N[C@@H](C)c1cccs1. The first-order valence-corrected chi connectivity index (χ1v) is 10.0. The molecule has 0 bridgehead atoms. The molecule has 136 valence electrons. The second kappa shape index (κ2) is 8.81. The third-order valence-electron chi connectivity index (χ3n) is 3.51. The molecule has 7 nitrogen and oxygen atoms in total. The van der Waals surface area contributed by atoms with E-state index in [1.165, 1.54) is 11.8 Å². The van der Waals surface area contributed by atoms with Crippen LogP contribution in [0.1, 0.15) is 24.8 Å². The predicted octanol–water partition coefficient (Wildman–Crippen LogP) is 3.09. The van der Waals surface area contributed by atoms with Crippen molar-refractivity contribution in [2.24, 2.45) is 0 Å². The fourth-order valence-corrected chi connectivity index (χ4v) is 3.78. The Balaban J connectivity index is 1.65. The molecule has 2 heterocycles. The molecular formula is C17H19N5O2S2. The minimum atomic E-state index is -0.0662. The molecule has 0 aliphatic rings. The zero-order valence-corrected chi connectivity index (χ0v) is 16.1. The van der Waals surface area contributed by atoms with Gasteiger partial charge in [0.05, 0.1) is 18.4 Å². The van der Waals surface area contributed by atoms with Crippen LogP contribution in [-0.4, -0.2) is 38.5 Å². The summed E-state index contributed by atoms with van der Waals surface area (Å²) in [4.78, 5) is 13.4. The number of carbonyl (C=O) groups excluding carboxylic acids is 1. The Kier molecular flexibility index (Phi) is 6.24. The second-order valence-corrected chi connectivity index (χ2v) is 7.29. The first kappa shape index (κ1) is 18.4. The van der Waals surface area contributed by atoms with Gasteiger partial charge in [-0.3, -0.25) is 4.79 Å². The fraction of sp³-hybridized carbons (Fsp3) is 0.294. The van der Waals surface area contributed by atoms with Crippen LogP contribution in [0, 0.1) is 0 Å². The largest absolute Gasteiger partial charge is 0.492 e. The van der Waals surface area contributed by atoms with Crippen molar-refractivity contribution in [2.75, 3.05) is 12.4 Å². The van der Waals surface area contributed by atoms with Crippen molar-refractivity contribution in [1.82, 2.24) is 25.5 Å². The Hall–Kier alpha value is -2.39. The Morgan fingerprint density at radius 2 is 2.19 bits per heavy atom. The number of benzene rings is 1. The van der Waals surface area contributed by atoms with E-state index >= 15 is 0 Å². The molecule has 3 aromatic rings. The highest BCUT2D eigenvalue weighted by molar-refractivity contribution is 7.99. The first-order valence-electron chi connectivity index (χ1n) is 8.15. The number of para-hydroxylation sites is 2. The lowest BCUT2D eigenvalue weighted by Crippen LogP contribution is -2.27. The molecule has 1 amide bonds. The van der Waals surface area contributed by atoms with Gasteiger partial charge in [0.2, 0.25) is 11.1 Å². The number of amides is 1. The molecule has 0 radical (unpaired) electrons. The number of ether oxygens (including phenoxy) is 1. The summed E-state index contributed by atoms with van der Waals surface area (Å²) < 4.78 is 7.22. The van der Waals surface area contributed by atoms with Crippen LogP contribution < -0.4 is 10.1 Å². The highest BCUT2D eigenvalue weighted by Gasteiger charge is 2.16. The number of nitrogens with one attached hydrogen (secondary N) is 1. The maximum atomic E-state index is 12.2. The molecule has 0 saturated heterocycles. The molecule has 26 heavy (non-hydrogen) atoms. The second-order valence-electron chi connectivity index (χ2n) is 5.37. The number of carbonyl (C=O) groups is 1. The summed E-state index contributed by atoms with van der Waals surface area (Å²) in [6, 6.07) is 11.5. The van der Waals surface area contributed by atoms with Crippen molar-refractivity contribution >= 4 is 29.0 Å². The Morgan fingerprint density at radius 3 is 2.96 bits per heavy atom. The quantitative estimate of drug-likeness (QED) is 0.596. The van der Waals surface area contributed by atoms with Crippen molar-refractivity contribution in [3.8, 4) is 11.4 Å². The van der Waals surface area contributed by atoms with Crippen LogP contribution in [0.15, 0.2) is 46.9 Å². The van der Waals surface area contributed by atoms with E-state index in [0.29, 0.717) is 17.5 Å². The summed E-state index contributed by atoms with van der Waals surface area (Å²) in [5.41, 5.74) is 0.745. The van der Waals surface area contributed by atoms with Gasteiger partial charge < -0.3 is 10.1 Å². The topological polar surface area (TPSA) is 81.9 Å². The number of rotatable bonds is 8. The van der Waals surface area contributed by atoms with E-state index in [4.69, 9.17) is 4.74 Å². The van der Waals surface area contributed by atoms with Crippen LogP contribution in [0.4, 0.5) is 0 Å². The van der Waals surface area contributed by atoms with E-state index in [1.54, 1.807) is 16.0 Å². The average Bonchev–Trinajstić information content (AvgIpc) is 3.32. The molecule has 1 N–H and O–H groups in total. The van der Waals surface area contributed by atoms with Gasteiger partial charge in [-0.05, 0) is 47.9 Å². The number of thioether (sulfide) groups is 1. The van der Waals surface area contributed by atoms with Gasteiger partial charge in [0.1, 0.15) is 11.4 Å². The van der Waals surface area contributed by atoms with Gasteiger partial charge in [-0.1, -0.05) is 30.0 Å². The lowest BCUT2D eigenvalue weighted by molar-refractivity contribution is -0.119. The van der Waals surface area contributed by atoms with Gasteiger partial charge >= 0.3 is 0 Å². The van der Waals surface area contributed by atoms with Gasteiger partial charge in [0, 0.05) is 4.88 Å². The average molecular weight is 390 g/mol. The minimum absolute atomic E-state index is 0.0159. The molecule has 0 fully saturated rings. The van der Waals surface area contributed by atoms with Crippen molar-refractivity contribution in [3.63, 3.8) is 0 Å². The van der Waals surface area contributed by atoms with Crippen molar-refractivity contribution in [3.05, 3.63) is 46.7 Å². The lowest BCUT2D eigenvalue weighted by Gasteiger charge is -2.12. The summed E-state index contributed by atoms with van der Waals surface area (Å²) in [7, 11) is 0. The zero-order chi connectivity index (χ0) is 18.4. The molecule has 2 aromatic heterocycles. The maximum Gasteiger partial charge on any atom is 0.230 e. The third kappa shape index (κ3) is 4.41. The van der Waals surface area contributed by atoms with E-state index in [-0.39, 0.29) is 17.7 Å². The minimum Gasteiger partial charge on any atom is -0.492 e. The molecule has 9 heteroatoms. The van der Waals surface area contributed by atoms with E-state index < -0.39 is 0 Å². The normalized spacial score (nSPS) is 11.9. The van der Waals surface area contributed by atoms with Crippen molar-refractivity contribution in [1.29, 1.82) is 0 Å². The molecule has 3 rings (SSSR count). The maximum absolute atomic E-state index is 12.2. The van der Waals surface area contributed by atoms with Crippen molar-refractivity contribution < 1.29 is 9.53 Å². The smallest absolute Gasteiger partial charge is 0.230 e. The van der Waals surface area contributed by atoms with E-state index in [0.717, 1.165) is 10.6 Å². The summed E-state index contributed by atoms with van der Waals surface area (Å²) >= 11 is 2.91. The number of thiophene rings is 1. The predicted molar refractivity (Wildman–Crippen MR) is 102 cm³/mol. The van der Waals surface area contributed by atoms with E-state index in [1.807, 2.05) is 55.6 Å². The van der Waals surface area contributed by atoms with Gasteiger partial charge in [-0.15, -0.1) is 16.4 Å².